The molecule has 13 nitrogen and oxygen atoms in total. The fourth-order valence-electron chi connectivity index (χ4n) is 3.09. The van der Waals surface area contributed by atoms with Crippen LogP contribution in [-0.4, -0.2) is 76.2 Å². The van der Waals surface area contributed by atoms with E-state index < -0.39 is 60.8 Å². The van der Waals surface area contributed by atoms with Gasteiger partial charge in [-0.15, -0.1) is 0 Å². The van der Waals surface area contributed by atoms with Crippen molar-refractivity contribution in [2.24, 2.45) is 11.5 Å². The molecule has 0 aliphatic carbocycles. The lowest BCUT2D eigenvalue weighted by atomic mass is 10.0. The van der Waals surface area contributed by atoms with Crippen molar-refractivity contribution in [2.45, 2.75) is 56.7 Å². The van der Waals surface area contributed by atoms with E-state index in [-0.39, 0.29) is 18.6 Å². The number of aliphatic carboxylic acids is 2. The number of phenols is 1. The fraction of sp³-hybridized carbons (Fsp3) is 0.500. The maximum atomic E-state index is 13.0. The summed E-state index contributed by atoms with van der Waals surface area (Å²) in [4.78, 5) is 59.9. The Hall–Kier alpha value is -3.71. The van der Waals surface area contributed by atoms with Gasteiger partial charge in [0.1, 0.15) is 24.4 Å². The summed E-state index contributed by atoms with van der Waals surface area (Å²) in [6.07, 6.45) is 0.816. The molecular weight excluding hydrogens is 462 g/mol. The number of nitrogens with one attached hydrogen (secondary N) is 3. The number of amides is 3. The molecule has 3 amide bonds. The Labute approximate surface area is 202 Å². The van der Waals surface area contributed by atoms with Crippen LogP contribution < -0.4 is 27.4 Å². The molecule has 10 N–H and O–H groups in total. The number of hydrogen-bond acceptors (Lipinski definition) is 8. The molecule has 0 aromatic heterocycles. The Morgan fingerprint density at radius 1 is 0.829 bits per heavy atom. The highest BCUT2D eigenvalue weighted by Crippen LogP contribution is 2.12. The van der Waals surface area contributed by atoms with Crippen molar-refractivity contribution in [2.75, 3.05) is 13.1 Å². The van der Waals surface area contributed by atoms with Crippen LogP contribution in [0.3, 0.4) is 0 Å². The number of carboxylic acids is 2. The summed E-state index contributed by atoms with van der Waals surface area (Å²) >= 11 is 0. The summed E-state index contributed by atoms with van der Waals surface area (Å²) in [5.74, 6) is -4.77. The van der Waals surface area contributed by atoms with Gasteiger partial charge >= 0.3 is 11.9 Å². The van der Waals surface area contributed by atoms with Crippen LogP contribution in [0.5, 0.6) is 5.75 Å². The van der Waals surface area contributed by atoms with Crippen LogP contribution in [0.4, 0.5) is 0 Å². The second-order valence-electron chi connectivity index (χ2n) is 7.93. The molecule has 13 heteroatoms. The zero-order chi connectivity index (χ0) is 26.4. The minimum Gasteiger partial charge on any atom is -0.508 e. The van der Waals surface area contributed by atoms with Gasteiger partial charge in [-0.2, -0.15) is 0 Å². The maximum Gasteiger partial charge on any atom is 0.322 e. The number of rotatable bonds is 16. The highest BCUT2D eigenvalue weighted by molar-refractivity contribution is 5.94. The van der Waals surface area contributed by atoms with Gasteiger partial charge in [0.15, 0.2) is 0 Å². The molecule has 0 radical (unpaired) electrons. The Balaban J connectivity index is 2.99. The number of nitrogens with two attached hydrogens (primary N) is 2. The van der Waals surface area contributed by atoms with E-state index in [4.69, 9.17) is 21.7 Å². The number of unbranched alkanes of at least 4 members (excludes halogenated alkanes) is 1. The zero-order valence-electron chi connectivity index (χ0n) is 19.2. The summed E-state index contributed by atoms with van der Waals surface area (Å²) in [7, 11) is 0. The first kappa shape index (κ1) is 29.3. The van der Waals surface area contributed by atoms with Crippen molar-refractivity contribution in [3.63, 3.8) is 0 Å². The predicted molar refractivity (Wildman–Crippen MR) is 124 cm³/mol. The number of aromatic hydroxyl groups is 1. The normalized spacial score (nSPS) is 13.2. The summed E-state index contributed by atoms with van der Waals surface area (Å²) in [5, 5.41) is 34.4. The zero-order valence-corrected chi connectivity index (χ0v) is 19.2. The third-order valence-electron chi connectivity index (χ3n) is 5.01. The summed E-state index contributed by atoms with van der Waals surface area (Å²) in [6, 6.07) is 2.32. The molecule has 3 unspecified atom stereocenters. The monoisotopic (exact) mass is 495 g/mol. The number of carbonyl (C=O) groups is 5. The van der Waals surface area contributed by atoms with Crippen molar-refractivity contribution in [1.82, 2.24) is 16.0 Å². The molecule has 3 atom stereocenters. The topological polar surface area (TPSA) is 234 Å². The highest BCUT2D eigenvalue weighted by atomic mass is 16.4. The van der Waals surface area contributed by atoms with Gasteiger partial charge in [-0.3, -0.25) is 24.0 Å². The summed E-state index contributed by atoms with van der Waals surface area (Å²) in [5.41, 5.74) is 11.8. The third kappa shape index (κ3) is 11.8. The molecule has 0 fully saturated rings. The van der Waals surface area contributed by atoms with Crippen LogP contribution in [0.2, 0.25) is 0 Å². The van der Waals surface area contributed by atoms with Crippen molar-refractivity contribution in [1.29, 1.82) is 0 Å². The van der Waals surface area contributed by atoms with E-state index in [2.05, 4.69) is 16.0 Å². The Bertz CT molecular complexity index is 877. The lowest BCUT2D eigenvalue weighted by Crippen LogP contribution is -2.56. The molecule has 1 aromatic carbocycles. The van der Waals surface area contributed by atoms with Gasteiger partial charge in [0.05, 0.1) is 6.04 Å². The van der Waals surface area contributed by atoms with E-state index in [0.717, 1.165) is 0 Å². The smallest absolute Gasteiger partial charge is 0.322 e. The van der Waals surface area contributed by atoms with E-state index >= 15 is 0 Å². The molecule has 35 heavy (non-hydrogen) atoms. The number of benzene rings is 1. The first-order chi connectivity index (χ1) is 16.5. The third-order valence-corrected chi connectivity index (χ3v) is 5.01. The van der Waals surface area contributed by atoms with Gasteiger partial charge < -0.3 is 42.7 Å². The van der Waals surface area contributed by atoms with Gasteiger partial charge in [-0.1, -0.05) is 18.6 Å². The molecule has 1 rings (SSSR count). The SMILES string of the molecule is NCCCCC(N)C(=O)NC(CCC(=O)O)C(=O)NC(Cc1ccc(O)cc1)C(=O)NCC(=O)O. The van der Waals surface area contributed by atoms with Crippen molar-refractivity contribution >= 4 is 29.7 Å². The molecule has 0 aliphatic rings. The molecule has 0 bridgehead atoms. The molecule has 0 heterocycles. The first-order valence-corrected chi connectivity index (χ1v) is 11.1. The standard InChI is InChI=1S/C22H33N5O8/c23-10-2-1-3-15(24)20(33)26-16(8-9-18(29)30)22(35)27-17(21(34)25-12-19(31)32)11-13-4-6-14(28)7-5-13/h4-7,15-17,28H,1-3,8-12,23-24H2,(H,25,34)(H,26,33)(H,27,35)(H,29,30)(H,31,32). The molecule has 0 spiro atoms. The molecular formula is C22H33N5O8. The largest absolute Gasteiger partial charge is 0.508 e. The molecule has 1 aromatic rings. The summed E-state index contributed by atoms with van der Waals surface area (Å²) in [6.45, 7) is -0.248. The van der Waals surface area contributed by atoms with Crippen LogP contribution in [0.1, 0.15) is 37.7 Å². The van der Waals surface area contributed by atoms with E-state index in [1.807, 2.05) is 0 Å². The van der Waals surface area contributed by atoms with Gasteiger partial charge in [0.25, 0.3) is 0 Å². The second-order valence-corrected chi connectivity index (χ2v) is 7.93. The minimum absolute atomic E-state index is 0.0103. The lowest BCUT2D eigenvalue weighted by Gasteiger charge is -2.24. The number of carboxylic acid groups (broad SMARTS) is 2. The van der Waals surface area contributed by atoms with Crippen LogP contribution in [0.25, 0.3) is 0 Å². The minimum atomic E-state index is -1.30. The Morgan fingerprint density at radius 2 is 1.46 bits per heavy atom. The Kier molecular flexibility index (Phi) is 12.8. The van der Waals surface area contributed by atoms with Gasteiger partial charge in [-0.05, 0) is 43.5 Å². The average Bonchev–Trinajstić information content (AvgIpc) is 2.80. The quantitative estimate of drug-likeness (QED) is 0.123. The predicted octanol–water partition coefficient (Wildman–Crippen LogP) is -1.57. The van der Waals surface area contributed by atoms with Crippen LogP contribution in [-0.2, 0) is 30.4 Å². The number of carbonyl (C=O) groups excluding carboxylic acids is 3. The number of phenolic OH excluding ortho intramolecular Hbond substituents is 1. The molecule has 0 saturated heterocycles. The van der Waals surface area contributed by atoms with Gasteiger partial charge in [0.2, 0.25) is 17.7 Å². The Morgan fingerprint density at radius 3 is 2.03 bits per heavy atom. The second kappa shape index (κ2) is 15.2. The molecule has 0 aliphatic heterocycles. The van der Waals surface area contributed by atoms with Crippen molar-refractivity contribution in [3.05, 3.63) is 29.8 Å². The fourth-order valence-corrected chi connectivity index (χ4v) is 3.09. The van der Waals surface area contributed by atoms with Crippen LogP contribution in [0.15, 0.2) is 24.3 Å². The van der Waals surface area contributed by atoms with Gasteiger partial charge in [0, 0.05) is 12.8 Å². The van der Waals surface area contributed by atoms with E-state index in [1.165, 1.54) is 24.3 Å². The highest BCUT2D eigenvalue weighted by Gasteiger charge is 2.29. The van der Waals surface area contributed by atoms with Crippen LogP contribution in [0, 0.1) is 0 Å². The maximum absolute atomic E-state index is 13.0. The molecule has 0 saturated carbocycles. The van der Waals surface area contributed by atoms with Crippen LogP contribution >= 0.6 is 0 Å². The van der Waals surface area contributed by atoms with Gasteiger partial charge in [-0.25, -0.2) is 0 Å². The van der Waals surface area contributed by atoms with E-state index in [1.54, 1.807) is 0 Å². The number of hydrogen-bond donors (Lipinski definition) is 8. The van der Waals surface area contributed by atoms with E-state index in [9.17, 15) is 29.1 Å². The lowest BCUT2D eigenvalue weighted by molar-refractivity contribution is -0.138. The van der Waals surface area contributed by atoms with Crippen molar-refractivity contribution < 1.29 is 39.3 Å². The average molecular weight is 496 g/mol. The first-order valence-electron chi connectivity index (χ1n) is 11.1. The van der Waals surface area contributed by atoms with E-state index in [0.29, 0.717) is 31.4 Å². The molecule has 194 valence electrons. The van der Waals surface area contributed by atoms with Crippen molar-refractivity contribution in [3.8, 4) is 5.75 Å². The summed E-state index contributed by atoms with van der Waals surface area (Å²) < 4.78 is 0.